The smallest absolute Gasteiger partial charge is 0.126 e. The third kappa shape index (κ3) is 1.83. The second-order valence-corrected chi connectivity index (χ2v) is 3.01. The van der Waals surface area contributed by atoms with Gasteiger partial charge in [0.15, 0.2) is 0 Å². The molecule has 4 heteroatoms. The predicted molar refractivity (Wildman–Crippen MR) is 56.8 cm³/mol. The first-order valence-electron chi connectivity index (χ1n) is 4.39. The van der Waals surface area contributed by atoms with E-state index in [0.29, 0.717) is 11.3 Å². The minimum atomic E-state index is 0.164. The monoisotopic (exact) mass is 200 g/mol. The fourth-order valence-corrected chi connectivity index (χ4v) is 1.29. The van der Waals surface area contributed by atoms with Crippen LogP contribution in [-0.4, -0.2) is 10.1 Å². The third-order valence-corrected chi connectivity index (χ3v) is 2.03. The summed E-state index contributed by atoms with van der Waals surface area (Å²) in [5.41, 5.74) is 1.52. The van der Waals surface area contributed by atoms with Gasteiger partial charge in [0.05, 0.1) is 11.9 Å². The molecule has 0 aliphatic rings. The van der Waals surface area contributed by atoms with E-state index in [1.165, 1.54) is 6.20 Å². The van der Waals surface area contributed by atoms with Crippen LogP contribution in [0.3, 0.4) is 0 Å². The summed E-state index contributed by atoms with van der Waals surface area (Å²) in [5.74, 6) is 0.164. The van der Waals surface area contributed by atoms with Crippen molar-refractivity contribution in [2.24, 2.45) is 5.18 Å². The molecule has 0 fully saturated rings. The van der Waals surface area contributed by atoms with Crippen LogP contribution in [0.5, 0.6) is 5.75 Å². The molecule has 0 aliphatic heterocycles. The number of phenolic OH excluding ortho intramolecular Hbond substituents is 1. The summed E-state index contributed by atoms with van der Waals surface area (Å²) in [5, 5.41) is 12.3. The number of nitroso groups, excluding NO2 is 1. The van der Waals surface area contributed by atoms with Crippen LogP contribution in [0.15, 0.2) is 47.8 Å². The number of benzene rings is 1. The highest BCUT2D eigenvalue weighted by Gasteiger charge is 2.04. The van der Waals surface area contributed by atoms with E-state index in [2.05, 4.69) is 10.2 Å². The fourth-order valence-electron chi connectivity index (χ4n) is 1.29. The molecule has 2 rings (SSSR count). The number of hydrogen-bond acceptors (Lipinski definition) is 4. The molecule has 1 N–H and O–H groups in total. The zero-order valence-corrected chi connectivity index (χ0v) is 7.79. The van der Waals surface area contributed by atoms with Gasteiger partial charge in [0.25, 0.3) is 0 Å². The molecule has 4 nitrogen and oxygen atoms in total. The second-order valence-electron chi connectivity index (χ2n) is 3.01. The van der Waals surface area contributed by atoms with Gasteiger partial charge in [-0.2, -0.15) is 0 Å². The van der Waals surface area contributed by atoms with Gasteiger partial charge in [-0.15, -0.1) is 4.91 Å². The molecule has 0 radical (unpaired) electrons. The molecular formula is C11H8N2O2. The quantitative estimate of drug-likeness (QED) is 0.758. The highest BCUT2D eigenvalue weighted by Crippen LogP contribution is 2.27. The lowest BCUT2D eigenvalue weighted by Crippen LogP contribution is -1.82. The molecule has 2 aromatic rings. The van der Waals surface area contributed by atoms with Gasteiger partial charge in [-0.1, -0.05) is 12.1 Å². The maximum atomic E-state index is 10.2. The maximum Gasteiger partial charge on any atom is 0.126 e. The number of nitrogens with zero attached hydrogens (tertiary/aromatic N) is 2. The number of phenols is 1. The number of aromatic nitrogens is 1. The Labute approximate surface area is 86.2 Å². The van der Waals surface area contributed by atoms with Crippen LogP contribution >= 0.6 is 0 Å². The molecule has 0 spiro atoms. The molecule has 0 saturated heterocycles. The van der Waals surface area contributed by atoms with E-state index in [1.54, 1.807) is 30.3 Å². The maximum absolute atomic E-state index is 10.2. The number of hydrogen-bond donors (Lipinski definition) is 1. The summed E-state index contributed by atoms with van der Waals surface area (Å²) < 4.78 is 0. The summed E-state index contributed by atoms with van der Waals surface area (Å²) in [7, 11) is 0. The Morgan fingerprint density at radius 3 is 2.53 bits per heavy atom. The average molecular weight is 200 g/mol. The number of pyridine rings is 1. The van der Waals surface area contributed by atoms with E-state index in [0.717, 1.165) is 0 Å². The van der Waals surface area contributed by atoms with Gasteiger partial charge in [0.1, 0.15) is 11.4 Å². The van der Waals surface area contributed by atoms with Crippen LogP contribution in [0, 0.1) is 4.91 Å². The van der Waals surface area contributed by atoms with Gasteiger partial charge in [-0.25, -0.2) is 0 Å². The van der Waals surface area contributed by atoms with Gasteiger partial charge in [-0.05, 0) is 29.4 Å². The summed E-state index contributed by atoms with van der Waals surface area (Å²) in [6, 6.07) is 10.1. The van der Waals surface area contributed by atoms with Gasteiger partial charge in [-0.3, -0.25) is 4.98 Å². The van der Waals surface area contributed by atoms with Crippen LogP contribution in [0.2, 0.25) is 0 Å². The van der Waals surface area contributed by atoms with Crippen LogP contribution < -0.4 is 0 Å². The van der Waals surface area contributed by atoms with Crippen molar-refractivity contribution in [3.8, 4) is 17.0 Å². The zero-order chi connectivity index (χ0) is 10.7. The Balaban J connectivity index is 2.46. The Morgan fingerprint density at radius 2 is 1.93 bits per heavy atom. The number of rotatable bonds is 2. The summed E-state index contributed by atoms with van der Waals surface area (Å²) >= 11 is 0. The molecule has 0 amide bonds. The number of aromatic hydroxyl groups is 1. The standard InChI is InChI=1S/C11H8N2O2/c14-11-4-2-1-3-9(11)10-6-5-8(13-15)7-12-10/h1-7,14H. The summed E-state index contributed by atoms with van der Waals surface area (Å²) in [6.07, 6.45) is 1.37. The van der Waals surface area contributed by atoms with Crippen LogP contribution in [0.4, 0.5) is 5.69 Å². The van der Waals surface area contributed by atoms with Gasteiger partial charge in [0, 0.05) is 5.56 Å². The van der Waals surface area contributed by atoms with Crippen molar-refractivity contribution in [2.75, 3.05) is 0 Å². The first kappa shape index (κ1) is 9.33. The van der Waals surface area contributed by atoms with Crippen LogP contribution in [-0.2, 0) is 0 Å². The highest BCUT2D eigenvalue weighted by atomic mass is 16.3. The minimum Gasteiger partial charge on any atom is -0.507 e. The molecule has 0 saturated carbocycles. The van der Waals surface area contributed by atoms with Gasteiger partial charge in [0.2, 0.25) is 0 Å². The molecule has 15 heavy (non-hydrogen) atoms. The van der Waals surface area contributed by atoms with E-state index in [9.17, 15) is 10.0 Å². The average Bonchev–Trinajstić information content (AvgIpc) is 2.30. The molecule has 0 atom stereocenters. The van der Waals surface area contributed by atoms with E-state index in [1.807, 2.05) is 6.07 Å². The van der Waals surface area contributed by atoms with Gasteiger partial charge >= 0.3 is 0 Å². The SMILES string of the molecule is O=Nc1ccc(-c2ccccc2O)nc1. The van der Waals surface area contributed by atoms with Crippen LogP contribution in [0.1, 0.15) is 0 Å². The van der Waals surface area contributed by atoms with Crippen molar-refractivity contribution in [2.45, 2.75) is 0 Å². The lowest BCUT2D eigenvalue weighted by atomic mass is 10.1. The lowest BCUT2D eigenvalue weighted by Gasteiger charge is -2.02. The second kappa shape index (κ2) is 3.88. The Morgan fingerprint density at radius 1 is 1.13 bits per heavy atom. The van der Waals surface area contributed by atoms with E-state index in [4.69, 9.17) is 0 Å². The fraction of sp³-hybridized carbons (Fsp3) is 0. The molecule has 0 aliphatic carbocycles. The molecule has 0 bridgehead atoms. The van der Waals surface area contributed by atoms with E-state index in [-0.39, 0.29) is 11.4 Å². The van der Waals surface area contributed by atoms with E-state index >= 15 is 0 Å². The van der Waals surface area contributed by atoms with Crippen molar-refractivity contribution < 1.29 is 5.11 Å². The van der Waals surface area contributed by atoms with Crippen molar-refractivity contribution in [3.05, 3.63) is 47.5 Å². The highest BCUT2D eigenvalue weighted by molar-refractivity contribution is 5.67. The first-order valence-corrected chi connectivity index (χ1v) is 4.39. The van der Waals surface area contributed by atoms with Crippen molar-refractivity contribution >= 4 is 5.69 Å². The lowest BCUT2D eigenvalue weighted by molar-refractivity contribution is 0.477. The number of para-hydroxylation sites is 1. The molecular weight excluding hydrogens is 192 g/mol. The van der Waals surface area contributed by atoms with Crippen molar-refractivity contribution in [1.29, 1.82) is 0 Å². The largest absolute Gasteiger partial charge is 0.507 e. The Bertz CT molecular complexity index is 480. The molecule has 0 unspecified atom stereocenters. The van der Waals surface area contributed by atoms with Crippen LogP contribution in [0.25, 0.3) is 11.3 Å². The topological polar surface area (TPSA) is 62.5 Å². The third-order valence-electron chi connectivity index (χ3n) is 2.03. The summed E-state index contributed by atoms with van der Waals surface area (Å²) in [6.45, 7) is 0. The Hall–Kier alpha value is -2.23. The molecule has 1 aromatic carbocycles. The van der Waals surface area contributed by atoms with Gasteiger partial charge < -0.3 is 5.11 Å². The first-order chi connectivity index (χ1) is 7.31. The van der Waals surface area contributed by atoms with Crippen molar-refractivity contribution in [3.63, 3.8) is 0 Å². The molecule has 1 heterocycles. The van der Waals surface area contributed by atoms with E-state index < -0.39 is 0 Å². The molecule has 1 aromatic heterocycles. The predicted octanol–water partition coefficient (Wildman–Crippen LogP) is 2.85. The normalized spacial score (nSPS) is 9.87. The zero-order valence-electron chi connectivity index (χ0n) is 7.79. The van der Waals surface area contributed by atoms with Crippen molar-refractivity contribution in [1.82, 2.24) is 4.98 Å². The summed E-state index contributed by atoms with van der Waals surface area (Å²) in [4.78, 5) is 14.2. The Kier molecular flexibility index (Phi) is 2.41. The molecule has 74 valence electrons. The minimum absolute atomic E-state index is 0.164.